The number of halogens is 3. The molecule has 0 saturated heterocycles. The molecule has 1 aromatic heterocycles. The van der Waals surface area contributed by atoms with Gasteiger partial charge >= 0.3 is 5.97 Å². The van der Waals surface area contributed by atoms with Gasteiger partial charge in [0.05, 0.1) is 17.9 Å². The molecule has 2 aromatic rings. The van der Waals surface area contributed by atoms with Crippen LogP contribution >= 0.6 is 0 Å². The average Bonchev–Trinajstić information content (AvgIpc) is 2.80. The second-order valence-corrected chi connectivity index (χ2v) is 5.05. The third kappa shape index (κ3) is 3.27. The van der Waals surface area contributed by atoms with Gasteiger partial charge in [0.25, 0.3) is 5.91 Å². The molecule has 2 N–H and O–H groups in total. The van der Waals surface area contributed by atoms with Gasteiger partial charge in [-0.05, 0) is 26.3 Å². The fraction of sp³-hybridized carbons (Fsp3) is 0.250. The maximum atomic E-state index is 13.6. The second-order valence-electron chi connectivity index (χ2n) is 5.05. The van der Waals surface area contributed by atoms with Crippen LogP contribution in [0.25, 0.3) is 0 Å². The number of aromatic amines is 1. The van der Waals surface area contributed by atoms with E-state index in [9.17, 15) is 22.8 Å². The lowest BCUT2D eigenvalue weighted by Gasteiger charge is -2.07. The third-order valence-electron chi connectivity index (χ3n) is 3.40. The SMILES string of the molecule is CCOC(=O)c1c(C)[nH]c(C(=O)Nc2cc(F)c(F)cc2F)c1C. The zero-order chi connectivity index (χ0) is 18.0. The smallest absolute Gasteiger partial charge is 0.340 e. The van der Waals surface area contributed by atoms with Crippen molar-refractivity contribution >= 4 is 17.6 Å². The molecule has 0 bridgehead atoms. The van der Waals surface area contributed by atoms with E-state index in [2.05, 4.69) is 10.3 Å². The molecule has 1 aromatic carbocycles. The molecule has 0 radical (unpaired) electrons. The number of nitrogens with one attached hydrogen (secondary N) is 2. The number of esters is 1. The molecule has 5 nitrogen and oxygen atoms in total. The molecule has 24 heavy (non-hydrogen) atoms. The zero-order valence-electron chi connectivity index (χ0n) is 13.2. The number of ether oxygens (including phenoxy) is 1. The summed E-state index contributed by atoms with van der Waals surface area (Å²) in [4.78, 5) is 26.9. The lowest BCUT2D eigenvalue weighted by molar-refractivity contribution is 0.0525. The van der Waals surface area contributed by atoms with Crippen LogP contribution in [0, 0.1) is 31.3 Å². The highest BCUT2D eigenvalue weighted by Crippen LogP contribution is 2.22. The maximum absolute atomic E-state index is 13.6. The van der Waals surface area contributed by atoms with Gasteiger partial charge in [-0.15, -0.1) is 0 Å². The van der Waals surface area contributed by atoms with Crippen LogP contribution in [0.4, 0.5) is 18.9 Å². The van der Waals surface area contributed by atoms with Crippen LogP contribution in [0.3, 0.4) is 0 Å². The van der Waals surface area contributed by atoms with Crippen molar-refractivity contribution in [3.05, 3.63) is 52.1 Å². The van der Waals surface area contributed by atoms with Gasteiger partial charge in [-0.25, -0.2) is 18.0 Å². The van der Waals surface area contributed by atoms with Crippen molar-refractivity contribution in [2.24, 2.45) is 0 Å². The number of H-pyrrole nitrogens is 1. The number of rotatable bonds is 4. The minimum atomic E-state index is -1.36. The van der Waals surface area contributed by atoms with E-state index >= 15 is 0 Å². The highest BCUT2D eigenvalue weighted by molar-refractivity contribution is 6.06. The number of carbonyl (C=O) groups is 2. The van der Waals surface area contributed by atoms with Gasteiger partial charge in [0.1, 0.15) is 11.5 Å². The molecule has 0 spiro atoms. The maximum Gasteiger partial charge on any atom is 0.340 e. The Morgan fingerprint density at radius 3 is 2.38 bits per heavy atom. The number of amides is 1. The van der Waals surface area contributed by atoms with Crippen LogP contribution in [-0.2, 0) is 4.74 Å². The molecule has 0 atom stereocenters. The number of benzene rings is 1. The van der Waals surface area contributed by atoms with Crippen LogP contribution < -0.4 is 5.32 Å². The number of anilines is 1. The minimum absolute atomic E-state index is 0.000291. The van der Waals surface area contributed by atoms with E-state index < -0.39 is 35.0 Å². The number of hydrogen-bond acceptors (Lipinski definition) is 3. The van der Waals surface area contributed by atoms with E-state index in [0.29, 0.717) is 23.4 Å². The van der Waals surface area contributed by atoms with Crippen LogP contribution in [0.1, 0.15) is 39.0 Å². The Bertz CT molecular complexity index is 815. The summed E-state index contributed by atoms with van der Waals surface area (Å²) in [6, 6.07) is 0.877. The average molecular weight is 340 g/mol. The van der Waals surface area contributed by atoms with E-state index in [-0.39, 0.29) is 17.9 Å². The van der Waals surface area contributed by atoms with Gasteiger partial charge < -0.3 is 15.0 Å². The highest BCUT2D eigenvalue weighted by atomic mass is 19.2. The fourth-order valence-electron chi connectivity index (χ4n) is 2.29. The molecule has 0 aliphatic heterocycles. The van der Waals surface area contributed by atoms with Crippen molar-refractivity contribution in [3.63, 3.8) is 0 Å². The fourth-order valence-corrected chi connectivity index (χ4v) is 2.29. The Morgan fingerprint density at radius 2 is 1.75 bits per heavy atom. The first-order chi connectivity index (χ1) is 11.3. The third-order valence-corrected chi connectivity index (χ3v) is 3.40. The van der Waals surface area contributed by atoms with Crippen molar-refractivity contribution < 1.29 is 27.5 Å². The first kappa shape index (κ1) is 17.6. The first-order valence-electron chi connectivity index (χ1n) is 7.08. The van der Waals surface area contributed by atoms with Crippen LogP contribution in [0.2, 0.25) is 0 Å². The van der Waals surface area contributed by atoms with E-state index in [0.717, 1.165) is 0 Å². The Balaban J connectivity index is 2.33. The summed E-state index contributed by atoms with van der Waals surface area (Å²) in [5.74, 6) is -5.16. The molecular weight excluding hydrogens is 325 g/mol. The number of carbonyl (C=O) groups excluding carboxylic acids is 2. The first-order valence-corrected chi connectivity index (χ1v) is 7.08. The summed E-state index contributed by atoms with van der Waals surface area (Å²) in [6.07, 6.45) is 0. The molecular formula is C16H15F3N2O3. The van der Waals surface area contributed by atoms with Crippen LogP contribution in [-0.4, -0.2) is 23.5 Å². The number of hydrogen-bond donors (Lipinski definition) is 2. The van der Waals surface area contributed by atoms with E-state index in [1.807, 2.05) is 0 Å². The Morgan fingerprint density at radius 1 is 1.12 bits per heavy atom. The van der Waals surface area contributed by atoms with Gasteiger partial charge in [-0.1, -0.05) is 0 Å². The van der Waals surface area contributed by atoms with Crippen LogP contribution in [0.15, 0.2) is 12.1 Å². The predicted octanol–water partition coefficient (Wildman–Crippen LogP) is 3.48. The van der Waals surface area contributed by atoms with Gasteiger partial charge in [0, 0.05) is 17.8 Å². The van der Waals surface area contributed by atoms with Gasteiger partial charge in [-0.2, -0.15) is 0 Å². The summed E-state index contributed by atoms with van der Waals surface area (Å²) < 4.78 is 44.6. The topological polar surface area (TPSA) is 71.2 Å². The number of aromatic nitrogens is 1. The minimum Gasteiger partial charge on any atom is -0.462 e. The molecule has 0 aliphatic carbocycles. The molecule has 0 unspecified atom stereocenters. The highest BCUT2D eigenvalue weighted by Gasteiger charge is 2.23. The normalized spacial score (nSPS) is 10.6. The van der Waals surface area contributed by atoms with Gasteiger partial charge in [-0.3, -0.25) is 4.79 Å². The summed E-state index contributed by atoms with van der Waals surface area (Å²) >= 11 is 0. The summed E-state index contributed by atoms with van der Waals surface area (Å²) in [6.45, 7) is 4.92. The van der Waals surface area contributed by atoms with E-state index in [1.54, 1.807) is 13.8 Å². The molecule has 0 aliphatic rings. The van der Waals surface area contributed by atoms with Crippen LogP contribution in [0.5, 0.6) is 0 Å². The standard InChI is InChI=1S/C16H15F3N2O3/c1-4-24-16(23)13-7(2)14(20-8(13)3)15(22)21-12-6-10(18)9(17)5-11(12)19/h5-6,20H,4H2,1-3H3,(H,21,22). The Hall–Kier alpha value is -2.77. The molecule has 128 valence electrons. The van der Waals surface area contributed by atoms with Crippen molar-refractivity contribution in [2.75, 3.05) is 11.9 Å². The zero-order valence-corrected chi connectivity index (χ0v) is 13.2. The van der Waals surface area contributed by atoms with E-state index in [1.165, 1.54) is 6.92 Å². The molecule has 8 heteroatoms. The summed E-state index contributed by atoms with van der Waals surface area (Å²) in [7, 11) is 0. The van der Waals surface area contributed by atoms with Gasteiger partial charge in [0.15, 0.2) is 11.6 Å². The molecule has 0 saturated carbocycles. The van der Waals surface area contributed by atoms with Crippen molar-refractivity contribution in [1.29, 1.82) is 0 Å². The van der Waals surface area contributed by atoms with Crippen molar-refractivity contribution in [1.82, 2.24) is 4.98 Å². The number of aryl methyl sites for hydroxylation is 1. The summed E-state index contributed by atoms with van der Waals surface area (Å²) in [5, 5.41) is 2.14. The second kappa shape index (κ2) is 6.77. The largest absolute Gasteiger partial charge is 0.462 e. The monoisotopic (exact) mass is 340 g/mol. The molecule has 0 fully saturated rings. The lowest BCUT2D eigenvalue weighted by atomic mass is 10.1. The Kier molecular flexibility index (Phi) is 4.96. The molecule has 1 heterocycles. The summed E-state index contributed by atoms with van der Waals surface area (Å²) in [5.41, 5.74) is 0.406. The van der Waals surface area contributed by atoms with E-state index in [4.69, 9.17) is 4.74 Å². The lowest BCUT2D eigenvalue weighted by Crippen LogP contribution is -2.15. The molecule has 1 amide bonds. The predicted molar refractivity (Wildman–Crippen MR) is 80.5 cm³/mol. The van der Waals surface area contributed by atoms with Gasteiger partial charge in [0.2, 0.25) is 0 Å². The quantitative estimate of drug-likeness (QED) is 0.661. The van der Waals surface area contributed by atoms with Crippen molar-refractivity contribution in [3.8, 4) is 0 Å². The molecule has 2 rings (SSSR count). The van der Waals surface area contributed by atoms with Crippen molar-refractivity contribution in [2.45, 2.75) is 20.8 Å². The Labute approximate surface area is 135 Å².